The van der Waals surface area contributed by atoms with Crippen molar-refractivity contribution in [2.75, 3.05) is 45.8 Å². The number of amides is 3. The first kappa shape index (κ1) is 18.2. The Balaban J connectivity index is 1.72. The summed E-state index contributed by atoms with van der Waals surface area (Å²) in [6, 6.07) is -0.393. The van der Waals surface area contributed by atoms with Gasteiger partial charge in [0.15, 0.2) is 0 Å². The number of carbonyl (C=O) groups is 2. The summed E-state index contributed by atoms with van der Waals surface area (Å²) in [6.45, 7) is 8.24. The van der Waals surface area contributed by atoms with Crippen molar-refractivity contribution in [3.63, 3.8) is 0 Å². The molecule has 2 N–H and O–H groups in total. The molecule has 0 aromatic carbocycles. The molecule has 1 atom stereocenters. The zero-order valence-corrected chi connectivity index (χ0v) is 14.5. The van der Waals surface area contributed by atoms with Crippen molar-refractivity contribution in [1.82, 2.24) is 20.4 Å². The van der Waals surface area contributed by atoms with E-state index in [0.717, 1.165) is 26.1 Å². The highest BCUT2D eigenvalue weighted by Gasteiger charge is 2.24. The van der Waals surface area contributed by atoms with Gasteiger partial charge in [-0.05, 0) is 58.2 Å². The van der Waals surface area contributed by atoms with Crippen LogP contribution in [0.1, 0.15) is 45.4 Å². The Morgan fingerprint density at radius 1 is 1.00 bits per heavy atom. The van der Waals surface area contributed by atoms with Gasteiger partial charge < -0.3 is 10.2 Å². The SMILES string of the molecule is CCNC(=O)NC(=O)CN1CCC[C@@H](CN2CCCCCC2)C1. The minimum atomic E-state index is -0.393. The zero-order valence-electron chi connectivity index (χ0n) is 14.5. The van der Waals surface area contributed by atoms with Crippen molar-refractivity contribution in [3.8, 4) is 0 Å². The van der Waals surface area contributed by atoms with Crippen molar-refractivity contribution in [2.24, 2.45) is 5.92 Å². The molecule has 2 aliphatic heterocycles. The molecule has 0 radical (unpaired) electrons. The Hall–Kier alpha value is -1.14. The van der Waals surface area contributed by atoms with Crippen LogP contribution < -0.4 is 10.6 Å². The van der Waals surface area contributed by atoms with Crippen LogP contribution in [-0.4, -0.2) is 67.6 Å². The Morgan fingerprint density at radius 2 is 1.70 bits per heavy atom. The van der Waals surface area contributed by atoms with Crippen LogP contribution in [0.15, 0.2) is 0 Å². The maximum Gasteiger partial charge on any atom is 0.321 e. The highest BCUT2D eigenvalue weighted by atomic mass is 16.2. The minimum absolute atomic E-state index is 0.202. The summed E-state index contributed by atoms with van der Waals surface area (Å²) in [4.78, 5) is 28.1. The Labute approximate surface area is 140 Å². The molecular weight excluding hydrogens is 292 g/mol. The van der Waals surface area contributed by atoms with Crippen LogP contribution in [0, 0.1) is 5.92 Å². The van der Waals surface area contributed by atoms with Crippen LogP contribution >= 0.6 is 0 Å². The molecule has 0 aromatic rings. The third-order valence-electron chi connectivity index (χ3n) is 4.78. The van der Waals surface area contributed by atoms with Gasteiger partial charge in [-0.25, -0.2) is 4.79 Å². The predicted octanol–water partition coefficient (Wildman–Crippen LogP) is 1.42. The first-order chi connectivity index (χ1) is 11.2. The van der Waals surface area contributed by atoms with E-state index in [1.165, 1.54) is 45.2 Å². The van der Waals surface area contributed by atoms with E-state index >= 15 is 0 Å². The molecule has 0 unspecified atom stereocenters. The van der Waals surface area contributed by atoms with Crippen molar-refractivity contribution in [1.29, 1.82) is 0 Å². The third-order valence-corrected chi connectivity index (χ3v) is 4.78. The first-order valence-electron chi connectivity index (χ1n) is 9.19. The number of rotatable bonds is 5. The lowest BCUT2D eigenvalue weighted by Crippen LogP contribution is -2.48. The van der Waals surface area contributed by atoms with Gasteiger partial charge in [-0.15, -0.1) is 0 Å². The smallest absolute Gasteiger partial charge is 0.321 e. The molecular formula is C17H32N4O2. The number of nitrogens with zero attached hydrogens (tertiary/aromatic N) is 2. The molecule has 2 saturated heterocycles. The number of hydrogen-bond acceptors (Lipinski definition) is 4. The van der Waals surface area contributed by atoms with Crippen molar-refractivity contribution in [2.45, 2.75) is 45.4 Å². The van der Waals surface area contributed by atoms with Gasteiger partial charge in [0.05, 0.1) is 6.54 Å². The largest absolute Gasteiger partial charge is 0.338 e. The van der Waals surface area contributed by atoms with Gasteiger partial charge in [0, 0.05) is 19.6 Å². The molecule has 0 bridgehead atoms. The van der Waals surface area contributed by atoms with Gasteiger partial charge in [0.1, 0.15) is 0 Å². The Kier molecular flexibility index (Phi) is 7.82. The second-order valence-electron chi connectivity index (χ2n) is 6.87. The molecule has 23 heavy (non-hydrogen) atoms. The number of carbonyl (C=O) groups excluding carboxylic acids is 2. The molecule has 2 aliphatic rings. The maximum absolute atomic E-state index is 11.9. The lowest BCUT2D eigenvalue weighted by Gasteiger charge is -2.35. The van der Waals surface area contributed by atoms with E-state index < -0.39 is 6.03 Å². The monoisotopic (exact) mass is 324 g/mol. The quantitative estimate of drug-likeness (QED) is 0.803. The van der Waals surface area contributed by atoms with Crippen LogP contribution in [0.2, 0.25) is 0 Å². The summed E-state index contributed by atoms with van der Waals surface area (Å²) in [5.74, 6) is 0.450. The van der Waals surface area contributed by atoms with Crippen LogP contribution in [-0.2, 0) is 4.79 Å². The Bertz CT molecular complexity index is 381. The second-order valence-corrected chi connectivity index (χ2v) is 6.87. The van der Waals surface area contributed by atoms with Crippen molar-refractivity contribution >= 4 is 11.9 Å². The van der Waals surface area contributed by atoms with E-state index in [2.05, 4.69) is 20.4 Å². The number of urea groups is 1. The van der Waals surface area contributed by atoms with Gasteiger partial charge in [-0.1, -0.05) is 12.8 Å². The van der Waals surface area contributed by atoms with E-state index in [9.17, 15) is 9.59 Å². The highest BCUT2D eigenvalue weighted by Crippen LogP contribution is 2.19. The van der Waals surface area contributed by atoms with Crippen LogP contribution in [0.4, 0.5) is 4.79 Å². The minimum Gasteiger partial charge on any atom is -0.338 e. The number of hydrogen-bond donors (Lipinski definition) is 2. The van der Waals surface area contributed by atoms with E-state index in [1.807, 2.05) is 6.92 Å². The summed E-state index contributed by atoms with van der Waals surface area (Å²) in [5.41, 5.74) is 0. The molecule has 3 amide bonds. The van der Waals surface area contributed by atoms with Crippen LogP contribution in [0.3, 0.4) is 0 Å². The van der Waals surface area contributed by atoms with Gasteiger partial charge >= 0.3 is 6.03 Å². The van der Waals surface area contributed by atoms with E-state index in [0.29, 0.717) is 19.0 Å². The van der Waals surface area contributed by atoms with E-state index in [4.69, 9.17) is 0 Å². The normalized spacial score (nSPS) is 24.0. The number of nitrogens with one attached hydrogen (secondary N) is 2. The summed E-state index contributed by atoms with van der Waals surface area (Å²) in [7, 11) is 0. The lowest BCUT2D eigenvalue weighted by atomic mass is 9.97. The number of likely N-dealkylation sites (tertiary alicyclic amines) is 2. The molecule has 2 heterocycles. The maximum atomic E-state index is 11.9. The Morgan fingerprint density at radius 3 is 2.39 bits per heavy atom. The standard InChI is InChI=1S/C17H32N4O2/c1-2-18-17(23)19-16(22)14-21-11-7-8-15(13-21)12-20-9-5-3-4-6-10-20/h15H,2-14H2,1H3,(H2,18,19,22,23)/t15-/m0/s1. The molecule has 0 aliphatic carbocycles. The van der Waals surface area contributed by atoms with Gasteiger partial charge in [-0.3, -0.25) is 15.0 Å². The molecule has 0 aromatic heterocycles. The summed E-state index contributed by atoms with van der Waals surface area (Å²) < 4.78 is 0. The number of piperidine rings is 1. The van der Waals surface area contributed by atoms with Crippen LogP contribution in [0.25, 0.3) is 0 Å². The fraction of sp³-hybridized carbons (Fsp3) is 0.882. The van der Waals surface area contributed by atoms with E-state index in [-0.39, 0.29) is 5.91 Å². The first-order valence-corrected chi connectivity index (χ1v) is 9.19. The summed E-state index contributed by atoms with van der Waals surface area (Å²) >= 11 is 0. The molecule has 6 nitrogen and oxygen atoms in total. The van der Waals surface area contributed by atoms with E-state index in [1.54, 1.807) is 0 Å². The molecule has 6 heteroatoms. The number of imide groups is 1. The van der Waals surface area contributed by atoms with Gasteiger partial charge in [0.25, 0.3) is 0 Å². The summed E-state index contributed by atoms with van der Waals surface area (Å²) in [5, 5.41) is 4.98. The molecule has 0 saturated carbocycles. The zero-order chi connectivity index (χ0) is 16.5. The fourth-order valence-corrected chi connectivity index (χ4v) is 3.70. The van der Waals surface area contributed by atoms with Crippen molar-refractivity contribution < 1.29 is 9.59 Å². The van der Waals surface area contributed by atoms with Crippen molar-refractivity contribution in [3.05, 3.63) is 0 Å². The highest BCUT2D eigenvalue weighted by molar-refractivity contribution is 5.95. The average molecular weight is 324 g/mol. The van der Waals surface area contributed by atoms with Crippen LogP contribution in [0.5, 0.6) is 0 Å². The average Bonchev–Trinajstić information content (AvgIpc) is 2.76. The molecule has 2 fully saturated rings. The second kappa shape index (κ2) is 9.88. The molecule has 132 valence electrons. The fourth-order valence-electron chi connectivity index (χ4n) is 3.70. The van der Waals surface area contributed by atoms with Gasteiger partial charge in [0.2, 0.25) is 5.91 Å². The molecule has 2 rings (SSSR count). The van der Waals surface area contributed by atoms with Gasteiger partial charge in [-0.2, -0.15) is 0 Å². The predicted molar refractivity (Wildman–Crippen MR) is 91.3 cm³/mol. The summed E-state index contributed by atoms with van der Waals surface area (Å²) in [6.07, 6.45) is 7.79. The lowest BCUT2D eigenvalue weighted by molar-refractivity contribution is -0.121. The third kappa shape index (κ3) is 6.87. The topological polar surface area (TPSA) is 64.7 Å². The molecule has 0 spiro atoms.